The fourth-order valence-corrected chi connectivity index (χ4v) is 2.78. The summed E-state index contributed by atoms with van der Waals surface area (Å²) in [7, 11) is 0. The first-order valence-electron chi connectivity index (χ1n) is 3.25. The fraction of sp³-hybridized carbons (Fsp3) is 1.00. The van der Waals surface area contributed by atoms with Crippen molar-refractivity contribution < 1.29 is 3.79 Å². The maximum Gasteiger partial charge on any atom is 0.475 e. The molecule has 0 saturated carbocycles. The standard InChI is InChI=1S/C4H8O.CH4N.Al/c1-2-3-4-5;1-2;/h1-4H2;1-2H2;/q-1;;+1. The molecule has 46 valence electrons. The van der Waals surface area contributed by atoms with Crippen LogP contribution in [0.3, 0.4) is 0 Å². The Balaban J connectivity index is 2.13. The van der Waals surface area contributed by atoms with Crippen LogP contribution in [0.4, 0.5) is 0 Å². The zero-order valence-electron chi connectivity index (χ0n) is 5.10. The smallest absolute Gasteiger partial charge is 0.475 e. The third kappa shape index (κ3) is 1.76. The van der Waals surface area contributed by atoms with E-state index in [0.717, 1.165) is 12.0 Å². The quantitative estimate of drug-likeness (QED) is 0.516. The molecule has 1 saturated heterocycles. The van der Waals surface area contributed by atoms with Gasteiger partial charge in [-0.15, -0.1) is 0 Å². The lowest BCUT2D eigenvalue weighted by atomic mass is 10.4. The zero-order valence-corrected chi connectivity index (χ0v) is 6.25. The largest absolute Gasteiger partial charge is 0.500 e. The molecule has 0 aromatic heterocycles. The SMILES string of the molecule is N[CH2][Al]1[CH2]CCC[O]1. The summed E-state index contributed by atoms with van der Waals surface area (Å²) in [6, 6.07) is 0. The van der Waals surface area contributed by atoms with Crippen LogP contribution in [0.25, 0.3) is 0 Å². The predicted octanol–water partition coefficient (Wildman–Crippen LogP) is 0.286. The Labute approximate surface area is 54.7 Å². The highest BCUT2D eigenvalue weighted by molar-refractivity contribution is 6.52. The zero-order chi connectivity index (χ0) is 5.82. The predicted molar refractivity (Wildman–Crippen MR) is 34.8 cm³/mol. The summed E-state index contributed by atoms with van der Waals surface area (Å²) < 4.78 is 5.44. The van der Waals surface area contributed by atoms with Crippen molar-refractivity contribution in [1.29, 1.82) is 0 Å². The molecule has 0 aromatic rings. The van der Waals surface area contributed by atoms with Crippen LogP contribution in [0.15, 0.2) is 0 Å². The van der Waals surface area contributed by atoms with Crippen molar-refractivity contribution in [2.24, 2.45) is 5.73 Å². The van der Waals surface area contributed by atoms with E-state index in [4.69, 9.17) is 9.52 Å². The van der Waals surface area contributed by atoms with Crippen molar-refractivity contribution in [3.8, 4) is 0 Å². The van der Waals surface area contributed by atoms with E-state index in [9.17, 15) is 0 Å². The van der Waals surface area contributed by atoms with E-state index in [-0.39, 0.29) is 0 Å². The van der Waals surface area contributed by atoms with Gasteiger partial charge in [-0.1, -0.05) is 11.7 Å². The molecule has 0 spiro atoms. The summed E-state index contributed by atoms with van der Waals surface area (Å²) in [4.78, 5) is 0. The summed E-state index contributed by atoms with van der Waals surface area (Å²) in [5, 5.41) is 2.14. The van der Waals surface area contributed by atoms with Gasteiger partial charge in [0.2, 0.25) is 0 Å². The van der Waals surface area contributed by atoms with E-state index in [2.05, 4.69) is 0 Å². The molecule has 0 amide bonds. The average Bonchev–Trinajstić information content (AvgIpc) is 1.90. The lowest BCUT2D eigenvalue weighted by Gasteiger charge is -2.15. The summed E-state index contributed by atoms with van der Waals surface area (Å²) in [5.41, 5.74) is 5.44. The topological polar surface area (TPSA) is 35.2 Å². The average molecular weight is 129 g/mol. The molecule has 2 nitrogen and oxygen atoms in total. The molecule has 1 aliphatic rings. The van der Waals surface area contributed by atoms with Gasteiger partial charge in [0.05, 0.1) is 0 Å². The second-order valence-electron chi connectivity index (χ2n) is 2.22. The van der Waals surface area contributed by atoms with Crippen LogP contribution in [-0.2, 0) is 3.79 Å². The minimum atomic E-state index is -0.828. The van der Waals surface area contributed by atoms with Crippen LogP contribution in [0, 0.1) is 0 Å². The van der Waals surface area contributed by atoms with E-state index in [1.165, 1.54) is 18.1 Å². The van der Waals surface area contributed by atoms with E-state index < -0.39 is 14.5 Å². The van der Waals surface area contributed by atoms with Gasteiger partial charge in [0, 0.05) is 6.61 Å². The highest BCUT2D eigenvalue weighted by atomic mass is 27.2. The van der Waals surface area contributed by atoms with Crippen molar-refractivity contribution in [2.45, 2.75) is 18.1 Å². The molecule has 8 heavy (non-hydrogen) atoms. The van der Waals surface area contributed by atoms with Crippen LogP contribution in [0.5, 0.6) is 0 Å². The molecule has 1 heterocycles. The summed E-state index contributed by atoms with van der Waals surface area (Å²) in [5.74, 6) is 0. The highest BCUT2D eigenvalue weighted by Gasteiger charge is 2.20. The fourth-order valence-electron chi connectivity index (χ4n) is 0.993. The summed E-state index contributed by atoms with van der Waals surface area (Å²) in [6.07, 6.45) is 2.61. The molecule has 1 fully saturated rings. The van der Waals surface area contributed by atoms with Crippen LogP contribution in [0.2, 0.25) is 5.28 Å². The molecule has 2 N–H and O–H groups in total. The van der Waals surface area contributed by atoms with Gasteiger partial charge in [-0.25, -0.2) is 0 Å². The highest BCUT2D eigenvalue weighted by Crippen LogP contribution is 2.08. The Morgan fingerprint density at radius 1 is 1.50 bits per heavy atom. The maximum atomic E-state index is 5.44. The molecule has 1 aliphatic heterocycles. The van der Waals surface area contributed by atoms with Gasteiger partial charge in [0.1, 0.15) is 0 Å². The molecular weight excluding hydrogens is 117 g/mol. The van der Waals surface area contributed by atoms with Crippen LogP contribution < -0.4 is 5.73 Å². The molecule has 3 heteroatoms. The summed E-state index contributed by atoms with van der Waals surface area (Å²) in [6.45, 7) is 0.980. The van der Waals surface area contributed by atoms with E-state index in [1.54, 1.807) is 0 Å². The molecule has 0 aromatic carbocycles. The Morgan fingerprint density at radius 3 is 2.75 bits per heavy atom. The molecular formula is C5H12AlNO. The van der Waals surface area contributed by atoms with Gasteiger partial charge in [0.15, 0.2) is 0 Å². The minimum absolute atomic E-state index is 0.828. The summed E-state index contributed by atoms with van der Waals surface area (Å²) >= 11 is -0.828. The van der Waals surface area contributed by atoms with Crippen molar-refractivity contribution >= 4 is 14.5 Å². The molecule has 1 rings (SSSR count). The van der Waals surface area contributed by atoms with Gasteiger partial charge >= 0.3 is 14.5 Å². The third-order valence-corrected chi connectivity index (χ3v) is 3.82. The van der Waals surface area contributed by atoms with E-state index >= 15 is 0 Å². The minimum Gasteiger partial charge on any atom is -0.500 e. The molecule has 0 radical (unpaired) electrons. The van der Waals surface area contributed by atoms with Crippen molar-refractivity contribution in [3.63, 3.8) is 0 Å². The van der Waals surface area contributed by atoms with Gasteiger partial charge in [-0.2, -0.15) is 0 Å². The second kappa shape index (κ2) is 3.47. The number of hydrogen-bond donors (Lipinski definition) is 1. The Hall–Kier alpha value is 0.452. The maximum absolute atomic E-state index is 5.44. The molecule has 0 unspecified atom stereocenters. The first-order valence-corrected chi connectivity index (χ1v) is 5.35. The number of rotatable bonds is 1. The van der Waals surface area contributed by atoms with Crippen LogP contribution in [0.1, 0.15) is 12.8 Å². The molecule has 0 bridgehead atoms. The normalized spacial score (nSPS) is 21.4. The first-order chi connectivity index (χ1) is 3.93. The number of nitrogens with two attached hydrogens (primary N) is 1. The van der Waals surface area contributed by atoms with Crippen LogP contribution >= 0.6 is 0 Å². The lowest BCUT2D eigenvalue weighted by molar-refractivity contribution is 0.287. The van der Waals surface area contributed by atoms with Gasteiger partial charge in [-0.05, 0) is 11.8 Å². The van der Waals surface area contributed by atoms with Crippen molar-refractivity contribution in [3.05, 3.63) is 0 Å². The molecule has 0 aliphatic carbocycles. The van der Waals surface area contributed by atoms with Gasteiger partial charge in [0.25, 0.3) is 0 Å². The first kappa shape index (κ1) is 6.57. The Morgan fingerprint density at radius 2 is 2.38 bits per heavy atom. The van der Waals surface area contributed by atoms with E-state index in [1.807, 2.05) is 0 Å². The molecule has 0 atom stereocenters. The van der Waals surface area contributed by atoms with Crippen molar-refractivity contribution in [2.75, 3.05) is 12.0 Å². The Kier molecular flexibility index (Phi) is 2.85. The van der Waals surface area contributed by atoms with Gasteiger partial charge in [-0.3, -0.25) is 0 Å². The number of hydrogen-bond acceptors (Lipinski definition) is 2. The van der Waals surface area contributed by atoms with E-state index in [0.29, 0.717) is 0 Å². The van der Waals surface area contributed by atoms with Crippen molar-refractivity contribution in [1.82, 2.24) is 0 Å². The second-order valence-corrected chi connectivity index (χ2v) is 4.85. The monoisotopic (exact) mass is 129 g/mol. The van der Waals surface area contributed by atoms with Gasteiger partial charge < -0.3 is 9.52 Å². The Bertz CT molecular complexity index is 63.4. The van der Waals surface area contributed by atoms with Crippen LogP contribution in [-0.4, -0.2) is 26.5 Å². The lowest BCUT2D eigenvalue weighted by Crippen LogP contribution is -2.31. The third-order valence-electron chi connectivity index (χ3n) is 1.54.